The summed E-state index contributed by atoms with van der Waals surface area (Å²) in [4.78, 5) is 11.5. The van der Waals surface area contributed by atoms with Gasteiger partial charge in [0.1, 0.15) is 0 Å². The molecule has 0 heterocycles. The van der Waals surface area contributed by atoms with Crippen molar-refractivity contribution in [3.63, 3.8) is 0 Å². The highest BCUT2D eigenvalue weighted by Crippen LogP contribution is 2.19. The standard InChI is InChI=1S/C14H25NO2/c1-7-17-13(16)11(4)8-12(10(2)3)9-14(5,6)15/h8H,7,9,15H2,1-6H3. The lowest BCUT2D eigenvalue weighted by molar-refractivity contribution is -0.138. The highest BCUT2D eigenvalue weighted by Gasteiger charge is 2.14. The van der Waals surface area contributed by atoms with Gasteiger partial charge in [0.15, 0.2) is 0 Å². The van der Waals surface area contributed by atoms with Crippen molar-refractivity contribution in [2.45, 2.75) is 53.5 Å². The van der Waals surface area contributed by atoms with Gasteiger partial charge in [-0.1, -0.05) is 5.57 Å². The number of carbonyl (C=O) groups excluding carboxylic acids is 1. The minimum Gasteiger partial charge on any atom is -0.463 e. The van der Waals surface area contributed by atoms with Gasteiger partial charge >= 0.3 is 5.97 Å². The van der Waals surface area contributed by atoms with E-state index in [9.17, 15) is 4.79 Å². The molecule has 2 N–H and O–H groups in total. The second-order valence-electron chi connectivity index (χ2n) is 5.24. The number of nitrogens with two attached hydrogens (primary N) is 1. The Labute approximate surface area is 105 Å². The number of carbonyl (C=O) groups is 1. The summed E-state index contributed by atoms with van der Waals surface area (Å²) in [6, 6.07) is 0. The van der Waals surface area contributed by atoms with Crippen molar-refractivity contribution < 1.29 is 9.53 Å². The molecule has 0 rings (SSSR count). The van der Waals surface area contributed by atoms with Crippen LogP contribution in [-0.2, 0) is 9.53 Å². The van der Waals surface area contributed by atoms with Gasteiger partial charge in [0.2, 0.25) is 0 Å². The molecule has 17 heavy (non-hydrogen) atoms. The fourth-order valence-corrected chi connectivity index (χ4v) is 1.43. The van der Waals surface area contributed by atoms with Crippen molar-refractivity contribution in [2.75, 3.05) is 6.61 Å². The fourth-order valence-electron chi connectivity index (χ4n) is 1.43. The predicted octanol–water partition coefficient (Wildman–Crippen LogP) is 2.96. The molecule has 0 spiro atoms. The van der Waals surface area contributed by atoms with E-state index < -0.39 is 0 Å². The Bertz CT molecular complexity index is 329. The van der Waals surface area contributed by atoms with Gasteiger partial charge in [-0.3, -0.25) is 0 Å². The molecule has 0 bridgehead atoms. The van der Waals surface area contributed by atoms with Crippen molar-refractivity contribution in [1.29, 1.82) is 0 Å². The van der Waals surface area contributed by atoms with Crippen molar-refractivity contribution in [2.24, 2.45) is 5.73 Å². The molecule has 0 atom stereocenters. The molecule has 0 aromatic heterocycles. The molecule has 0 aliphatic heterocycles. The van der Waals surface area contributed by atoms with Crippen LogP contribution in [0.1, 0.15) is 48.0 Å². The Balaban J connectivity index is 4.96. The average Bonchev–Trinajstić information content (AvgIpc) is 2.14. The molecular weight excluding hydrogens is 214 g/mol. The molecule has 98 valence electrons. The van der Waals surface area contributed by atoms with E-state index in [2.05, 4.69) is 0 Å². The molecule has 0 radical (unpaired) electrons. The molecule has 3 heteroatoms. The summed E-state index contributed by atoms with van der Waals surface area (Å²) in [5.41, 5.74) is 8.62. The second kappa shape index (κ2) is 6.60. The highest BCUT2D eigenvalue weighted by atomic mass is 16.5. The van der Waals surface area contributed by atoms with E-state index in [1.54, 1.807) is 13.8 Å². The maximum atomic E-state index is 11.5. The molecule has 0 saturated carbocycles. The van der Waals surface area contributed by atoms with Gasteiger partial charge < -0.3 is 10.5 Å². The number of esters is 1. The summed E-state index contributed by atoms with van der Waals surface area (Å²) in [7, 11) is 0. The zero-order valence-electron chi connectivity index (χ0n) is 11.9. The van der Waals surface area contributed by atoms with E-state index in [0.29, 0.717) is 12.2 Å². The van der Waals surface area contributed by atoms with E-state index in [1.165, 1.54) is 5.57 Å². The lowest BCUT2D eigenvalue weighted by Gasteiger charge is -2.20. The second-order valence-corrected chi connectivity index (χ2v) is 5.24. The van der Waals surface area contributed by atoms with Crippen LogP contribution < -0.4 is 5.73 Å². The van der Waals surface area contributed by atoms with Gasteiger partial charge in [-0.25, -0.2) is 4.79 Å². The first kappa shape index (κ1) is 15.9. The molecule has 0 fully saturated rings. The maximum Gasteiger partial charge on any atom is 0.333 e. The number of ether oxygens (including phenoxy) is 1. The quantitative estimate of drug-likeness (QED) is 0.456. The topological polar surface area (TPSA) is 52.3 Å². The van der Waals surface area contributed by atoms with Gasteiger partial charge in [-0.05, 0) is 59.6 Å². The van der Waals surface area contributed by atoms with Crippen LogP contribution in [0.5, 0.6) is 0 Å². The van der Waals surface area contributed by atoms with Crippen LogP contribution in [0.2, 0.25) is 0 Å². The van der Waals surface area contributed by atoms with Gasteiger partial charge in [-0.15, -0.1) is 0 Å². The molecule has 0 unspecified atom stereocenters. The van der Waals surface area contributed by atoms with Crippen LogP contribution in [0, 0.1) is 0 Å². The zero-order valence-corrected chi connectivity index (χ0v) is 11.9. The van der Waals surface area contributed by atoms with Crippen LogP contribution in [0.4, 0.5) is 0 Å². The Kier molecular flexibility index (Phi) is 6.18. The Hall–Kier alpha value is -1.09. The van der Waals surface area contributed by atoms with Crippen LogP contribution in [0.15, 0.2) is 22.8 Å². The first-order valence-electron chi connectivity index (χ1n) is 5.98. The number of allylic oxidation sites excluding steroid dienone is 2. The van der Waals surface area contributed by atoms with Crippen molar-refractivity contribution in [1.82, 2.24) is 0 Å². The summed E-state index contributed by atoms with van der Waals surface area (Å²) < 4.78 is 4.95. The molecule has 0 aliphatic carbocycles. The van der Waals surface area contributed by atoms with E-state index in [0.717, 1.165) is 12.0 Å². The average molecular weight is 239 g/mol. The minimum absolute atomic E-state index is 0.263. The van der Waals surface area contributed by atoms with E-state index >= 15 is 0 Å². The molecule has 3 nitrogen and oxygen atoms in total. The molecule has 0 aromatic carbocycles. The van der Waals surface area contributed by atoms with Crippen molar-refractivity contribution >= 4 is 5.97 Å². The number of rotatable bonds is 5. The normalized spacial score (nSPS) is 12.3. The summed E-state index contributed by atoms with van der Waals surface area (Å²) in [6.07, 6.45) is 2.62. The predicted molar refractivity (Wildman–Crippen MR) is 71.6 cm³/mol. The summed E-state index contributed by atoms with van der Waals surface area (Å²) in [5.74, 6) is -0.263. The van der Waals surface area contributed by atoms with E-state index in [1.807, 2.05) is 33.8 Å². The van der Waals surface area contributed by atoms with Crippen LogP contribution in [0.3, 0.4) is 0 Å². The lowest BCUT2D eigenvalue weighted by atomic mass is 9.92. The zero-order chi connectivity index (χ0) is 13.6. The first-order chi connectivity index (χ1) is 7.67. The smallest absolute Gasteiger partial charge is 0.333 e. The third-order valence-corrected chi connectivity index (χ3v) is 2.28. The molecular formula is C14H25NO2. The summed E-state index contributed by atoms with van der Waals surface area (Å²) in [6.45, 7) is 12.0. The van der Waals surface area contributed by atoms with E-state index in [4.69, 9.17) is 10.5 Å². The number of hydrogen-bond donors (Lipinski definition) is 1. The van der Waals surface area contributed by atoms with Crippen LogP contribution >= 0.6 is 0 Å². The third kappa shape index (κ3) is 6.95. The van der Waals surface area contributed by atoms with Gasteiger partial charge in [0.05, 0.1) is 6.61 Å². The fraction of sp³-hybridized carbons (Fsp3) is 0.643. The van der Waals surface area contributed by atoms with Gasteiger partial charge in [0, 0.05) is 11.1 Å². The molecule has 0 aliphatic rings. The number of hydrogen-bond acceptors (Lipinski definition) is 3. The summed E-state index contributed by atoms with van der Waals surface area (Å²) >= 11 is 0. The van der Waals surface area contributed by atoms with E-state index in [-0.39, 0.29) is 11.5 Å². The van der Waals surface area contributed by atoms with Crippen molar-refractivity contribution in [3.8, 4) is 0 Å². The minimum atomic E-state index is -0.280. The molecule has 0 saturated heterocycles. The summed E-state index contributed by atoms with van der Waals surface area (Å²) in [5, 5.41) is 0. The third-order valence-electron chi connectivity index (χ3n) is 2.28. The van der Waals surface area contributed by atoms with Gasteiger partial charge in [-0.2, -0.15) is 0 Å². The Morgan fingerprint density at radius 2 is 1.82 bits per heavy atom. The SMILES string of the molecule is CCOC(=O)C(C)=CC(CC(C)(C)N)=C(C)C. The largest absolute Gasteiger partial charge is 0.463 e. The molecule has 0 aromatic rings. The molecule has 0 amide bonds. The first-order valence-corrected chi connectivity index (χ1v) is 5.98. The Morgan fingerprint density at radius 1 is 1.29 bits per heavy atom. The van der Waals surface area contributed by atoms with Gasteiger partial charge in [0.25, 0.3) is 0 Å². The van der Waals surface area contributed by atoms with Crippen LogP contribution in [0.25, 0.3) is 0 Å². The monoisotopic (exact) mass is 239 g/mol. The highest BCUT2D eigenvalue weighted by molar-refractivity contribution is 5.88. The lowest BCUT2D eigenvalue weighted by Crippen LogP contribution is -2.32. The van der Waals surface area contributed by atoms with Crippen molar-refractivity contribution in [3.05, 3.63) is 22.8 Å². The van der Waals surface area contributed by atoms with Crippen LogP contribution in [-0.4, -0.2) is 18.1 Å². The maximum absolute atomic E-state index is 11.5. The Morgan fingerprint density at radius 3 is 2.18 bits per heavy atom.